The van der Waals surface area contributed by atoms with Gasteiger partial charge in [-0.15, -0.1) is 0 Å². The number of halogens is 3. The fraction of sp³-hybridized carbons (Fsp3) is 0.182. The molecule has 0 radical (unpaired) electrons. The molecule has 1 aromatic rings. The number of benzene rings is 1. The highest BCUT2D eigenvalue weighted by atomic mass is 32.2. The standard InChI is InChI=1S/C11H9F3O2S/c1-8(10(15)16-7-11(12,13)14)17-9-5-3-2-4-6-9/h2-6H,1,7H2. The summed E-state index contributed by atoms with van der Waals surface area (Å²) in [6, 6.07) is 8.71. The maximum atomic E-state index is 11.8. The summed E-state index contributed by atoms with van der Waals surface area (Å²) in [5.41, 5.74) is 0. The molecule has 0 spiro atoms. The van der Waals surface area contributed by atoms with Gasteiger partial charge in [-0.25, -0.2) is 4.79 Å². The van der Waals surface area contributed by atoms with Gasteiger partial charge in [0.1, 0.15) is 0 Å². The van der Waals surface area contributed by atoms with Gasteiger partial charge in [-0.1, -0.05) is 36.5 Å². The van der Waals surface area contributed by atoms with Gasteiger partial charge in [0.05, 0.1) is 4.91 Å². The minimum absolute atomic E-state index is 0.0829. The van der Waals surface area contributed by atoms with E-state index >= 15 is 0 Å². The molecule has 1 aromatic carbocycles. The smallest absolute Gasteiger partial charge is 0.422 e. The van der Waals surface area contributed by atoms with Crippen molar-refractivity contribution in [2.45, 2.75) is 11.1 Å². The Morgan fingerprint density at radius 1 is 1.29 bits per heavy atom. The van der Waals surface area contributed by atoms with E-state index in [0.717, 1.165) is 11.8 Å². The van der Waals surface area contributed by atoms with Crippen LogP contribution in [0.1, 0.15) is 0 Å². The summed E-state index contributed by atoms with van der Waals surface area (Å²) in [5, 5.41) is 0. The topological polar surface area (TPSA) is 26.3 Å². The molecule has 0 saturated heterocycles. The number of alkyl halides is 3. The Balaban J connectivity index is 2.46. The van der Waals surface area contributed by atoms with Crippen LogP contribution in [-0.4, -0.2) is 18.8 Å². The summed E-state index contributed by atoms with van der Waals surface area (Å²) in [7, 11) is 0. The average molecular weight is 262 g/mol. The molecule has 0 bridgehead atoms. The largest absolute Gasteiger partial charge is 0.452 e. The second-order valence-corrected chi connectivity index (χ2v) is 4.20. The predicted molar refractivity (Wildman–Crippen MR) is 58.5 cm³/mol. The van der Waals surface area contributed by atoms with Gasteiger partial charge in [0, 0.05) is 4.90 Å². The molecule has 0 atom stereocenters. The first-order valence-electron chi connectivity index (χ1n) is 4.54. The highest BCUT2D eigenvalue weighted by Crippen LogP contribution is 2.26. The van der Waals surface area contributed by atoms with E-state index in [1.54, 1.807) is 30.3 Å². The van der Waals surface area contributed by atoms with E-state index in [1.165, 1.54) is 0 Å². The van der Waals surface area contributed by atoms with Crippen LogP contribution in [-0.2, 0) is 9.53 Å². The van der Waals surface area contributed by atoms with Crippen molar-refractivity contribution in [3.63, 3.8) is 0 Å². The van der Waals surface area contributed by atoms with Crippen molar-refractivity contribution in [3.8, 4) is 0 Å². The molecule has 0 heterocycles. The Morgan fingerprint density at radius 2 is 1.88 bits per heavy atom. The molecule has 0 aromatic heterocycles. The van der Waals surface area contributed by atoms with E-state index in [2.05, 4.69) is 11.3 Å². The van der Waals surface area contributed by atoms with Crippen LogP contribution in [0.3, 0.4) is 0 Å². The van der Waals surface area contributed by atoms with Crippen LogP contribution in [0.25, 0.3) is 0 Å². The molecular weight excluding hydrogens is 253 g/mol. The molecule has 17 heavy (non-hydrogen) atoms. The number of esters is 1. The number of hydrogen-bond acceptors (Lipinski definition) is 3. The van der Waals surface area contributed by atoms with Crippen molar-refractivity contribution in [2.24, 2.45) is 0 Å². The lowest BCUT2D eigenvalue weighted by Gasteiger charge is -2.08. The molecule has 0 N–H and O–H groups in total. The van der Waals surface area contributed by atoms with E-state index in [0.29, 0.717) is 4.90 Å². The first-order valence-corrected chi connectivity index (χ1v) is 5.36. The fourth-order valence-electron chi connectivity index (χ4n) is 0.900. The molecular formula is C11H9F3O2S. The van der Waals surface area contributed by atoms with Crippen molar-refractivity contribution in [2.75, 3.05) is 6.61 Å². The van der Waals surface area contributed by atoms with Gasteiger partial charge < -0.3 is 4.74 Å². The molecule has 1 rings (SSSR count). The molecule has 0 saturated carbocycles. The molecule has 0 aliphatic rings. The summed E-state index contributed by atoms with van der Waals surface area (Å²) in [4.78, 5) is 11.8. The van der Waals surface area contributed by atoms with Crippen LogP contribution in [0.15, 0.2) is 46.7 Å². The Bertz CT molecular complexity index is 401. The Kier molecular flexibility index (Phi) is 4.62. The lowest BCUT2D eigenvalue weighted by Crippen LogP contribution is -2.20. The van der Waals surface area contributed by atoms with Gasteiger partial charge in [-0.3, -0.25) is 0 Å². The van der Waals surface area contributed by atoms with E-state index in [-0.39, 0.29) is 4.91 Å². The molecule has 0 amide bonds. The second-order valence-electron chi connectivity index (χ2n) is 3.03. The Labute approximate surface area is 100 Å². The zero-order valence-electron chi connectivity index (χ0n) is 8.66. The Hall–Kier alpha value is -1.43. The monoisotopic (exact) mass is 262 g/mol. The number of rotatable bonds is 4. The highest BCUT2D eigenvalue weighted by molar-refractivity contribution is 8.04. The zero-order chi connectivity index (χ0) is 12.9. The van der Waals surface area contributed by atoms with Gasteiger partial charge in [-0.05, 0) is 12.1 Å². The number of carbonyl (C=O) groups excluding carboxylic acids is 1. The minimum atomic E-state index is -4.52. The molecule has 0 aliphatic carbocycles. The molecule has 0 fully saturated rings. The van der Waals surface area contributed by atoms with Crippen molar-refractivity contribution in [1.82, 2.24) is 0 Å². The summed E-state index contributed by atoms with van der Waals surface area (Å²) < 4.78 is 39.4. The van der Waals surface area contributed by atoms with Crippen LogP contribution in [0.5, 0.6) is 0 Å². The first-order chi connectivity index (χ1) is 7.88. The van der Waals surface area contributed by atoms with Gasteiger partial charge in [-0.2, -0.15) is 13.2 Å². The average Bonchev–Trinajstić information content (AvgIpc) is 2.26. The number of hydrogen-bond donors (Lipinski definition) is 0. The normalized spacial score (nSPS) is 11.0. The van der Waals surface area contributed by atoms with Gasteiger partial charge in [0.15, 0.2) is 6.61 Å². The quantitative estimate of drug-likeness (QED) is 0.472. The maximum absolute atomic E-state index is 11.8. The summed E-state index contributed by atoms with van der Waals surface area (Å²) in [6.07, 6.45) is -4.52. The van der Waals surface area contributed by atoms with E-state index in [1.807, 2.05) is 0 Å². The summed E-state index contributed by atoms with van der Waals surface area (Å²) >= 11 is 0.966. The third kappa shape index (κ3) is 5.44. The van der Waals surface area contributed by atoms with Gasteiger partial charge in [0.25, 0.3) is 0 Å². The van der Waals surface area contributed by atoms with Gasteiger partial charge >= 0.3 is 12.1 Å². The third-order valence-corrected chi connectivity index (χ3v) is 2.50. The lowest BCUT2D eigenvalue weighted by atomic mass is 10.4. The van der Waals surface area contributed by atoms with Crippen LogP contribution in [0.4, 0.5) is 13.2 Å². The second kappa shape index (κ2) is 5.77. The van der Waals surface area contributed by atoms with Crippen LogP contribution >= 0.6 is 11.8 Å². The molecule has 0 unspecified atom stereocenters. The van der Waals surface area contributed by atoms with E-state index in [4.69, 9.17) is 0 Å². The number of thioether (sulfide) groups is 1. The molecule has 2 nitrogen and oxygen atoms in total. The Morgan fingerprint density at radius 3 is 2.41 bits per heavy atom. The van der Waals surface area contributed by atoms with Crippen molar-refractivity contribution in [1.29, 1.82) is 0 Å². The van der Waals surface area contributed by atoms with E-state index < -0.39 is 18.8 Å². The summed E-state index contributed by atoms with van der Waals surface area (Å²) in [5.74, 6) is -1.06. The summed E-state index contributed by atoms with van der Waals surface area (Å²) in [6.45, 7) is 1.77. The van der Waals surface area contributed by atoms with Crippen LogP contribution in [0.2, 0.25) is 0 Å². The van der Waals surface area contributed by atoms with Crippen LogP contribution < -0.4 is 0 Å². The highest BCUT2D eigenvalue weighted by Gasteiger charge is 2.30. The van der Waals surface area contributed by atoms with Gasteiger partial charge in [0.2, 0.25) is 0 Å². The SMILES string of the molecule is C=C(Sc1ccccc1)C(=O)OCC(F)(F)F. The van der Waals surface area contributed by atoms with Crippen molar-refractivity contribution < 1.29 is 22.7 Å². The first kappa shape index (κ1) is 13.6. The minimum Gasteiger partial charge on any atom is -0.452 e. The third-order valence-electron chi connectivity index (χ3n) is 1.58. The number of carbonyl (C=O) groups is 1. The lowest BCUT2D eigenvalue weighted by molar-refractivity contribution is -0.182. The fourth-order valence-corrected chi connectivity index (χ4v) is 1.62. The molecule has 0 aliphatic heterocycles. The zero-order valence-corrected chi connectivity index (χ0v) is 9.48. The van der Waals surface area contributed by atoms with Crippen molar-refractivity contribution >= 4 is 17.7 Å². The maximum Gasteiger partial charge on any atom is 0.422 e. The van der Waals surface area contributed by atoms with Crippen molar-refractivity contribution in [3.05, 3.63) is 41.8 Å². The predicted octanol–water partition coefficient (Wildman–Crippen LogP) is 3.40. The number of ether oxygens (including phenoxy) is 1. The van der Waals surface area contributed by atoms with E-state index in [9.17, 15) is 18.0 Å². The van der Waals surface area contributed by atoms with Crippen LogP contribution in [0, 0.1) is 0 Å². The molecule has 6 heteroatoms. The molecule has 92 valence electrons.